The third kappa shape index (κ3) is 3.63. The van der Waals surface area contributed by atoms with Crippen LogP contribution in [0.2, 0.25) is 5.02 Å². The highest BCUT2D eigenvalue weighted by Crippen LogP contribution is 2.30. The van der Waals surface area contributed by atoms with Crippen LogP contribution >= 0.6 is 11.6 Å². The van der Waals surface area contributed by atoms with Crippen LogP contribution in [0.3, 0.4) is 0 Å². The summed E-state index contributed by atoms with van der Waals surface area (Å²) < 4.78 is 5.87. The lowest BCUT2D eigenvalue weighted by atomic mass is 9.97. The monoisotopic (exact) mass is 267 g/mol. The maximum Gasteiger partial charge on any atom is 0.140 e. The zero-order valence-electron chi connectivity index (χ0n) is 11.3. The van der Waals surface area contributed by atoms with Crippen LogP contribution in [0.25, 0.3) is 0 Å². The second-order valence-corrected chi connectivity index (χ2v) is 5.65. The highest BCUT2D eigenvalue weighted by Gasteiger charge is 2.13. The Morgan fingerprint density at radius 3 is 2.89 bits per heavy atom. The molecule has 1 aromatic rings. The number of aryl methyl sites for hydroxylation is 2. The van der Waals surface area contributed by atoms with Gasteiger partial charge in [0.25, 0.3) is 0 Å². The molecule has 3 heteroatoms. The first-order valence-electron chi connectivity index (χ1n) is 6.77. The molecule has 0 aliphatic carbocycles. The van der Waals surface area contributed by atoms with E-state index in [2.05, 4.69) is 25.2 Å². The molecule has 1 saturated heterocycles. The maximum atomic E-state index is 6.22. The molecule has 1 aromatic carbocycles. The molecular formula is C15H22ClNO. The van der Waals surface area contributed by atoms with Gasteiger partial charge in [0.15, 0.2) is 0 Å². The Morgan fingerprint density at radius 2 is 2.22 bits per heavy atom. The first kappa shape index (κ1) is 13.7. The Hall–Kier alpha value is -0.730. The number of nitrogens with one attached hydrogen (secondary N) is 1. The van der Waals surface area contributed by atoms with Crippen molar-refractivity contribution in [2.75, 3.05) is 19.7 Å². The standard InChI is InChI=1S/C15H22ClNO/c1-11-8-12(2)15(14(16)9-11)18-7-5-13-4-3-6-17-10-13/h8-9,13,17H,3-7,10H2,1-2H3/t13-/m1/s1. The molecule has 1 atom stereocenters. The lowest BCUT2D eigenvalue weighted by Gasteiger charge is -2.23. The van der Waals surface area contributed by atoms with E-state index in [9.17, 15) is 0 Å². The van der Waals surface area contributed by atoms with Gasteiger partial charge in [0.2, 0.25) is 0 Å². The van der Waals surface area contributed by atoms with Crippen molar-refractivity contribution in [2.45, 2.75) is 33.1 Å². The van der Waals surface area contributed by atoms with Crippen molar-refractivity contribution in [3.8, 4) is 5.75 Å². The van der Waals surface area contributed by atoms with Crippen molar-refractivity contribution in [3.63, 3.8) is 0 Å². The molecule has 1 aliphatic heterocycles. The largest absolute Gasteiger partial charge is 0.492 e. The van der Waals surface area contributed by atoms with Crippen molar-refractivity contribution >= 4 is 11.6 Å². The summed E-state index contributed by atoms with van der Waals surface area (Å²) >= 11 is 6.22. The first-order valence-corrected chi connectivity index (χ1v) is 7.15. The summed E-state index contributed by atoms with van der Waals surface area (Å²) in [5, 5.41) is 4.16. The molecule has 0 saturated carbocycles. The highest BCUT2D eigenvalue weighted by molar-refractivity contribution is 6.32. The van der Waals surface area contributed by atoms with Crippen molar-refractivity contribution in [1.29, 1.82) is 0 Å². The molecule has 0 radical (unpaired) electrons. The summed E-state index contributed by atoms with van der Waals surface area (Å²) in [6.07, 6.45) is 3.71. The van der Waals surface area contributed by atoms with Gasteiger partial charge in [-0.2, -0.15) is 0 Å². The summed E-state index contributed by atoms with van der Waals surface area (Å²) in [7, 11) is 0. The van der Waals surface area contributed by atoms with Gasteiger partial charge in [-0.05, 0) is 69.3 Å². The third-order valence-electron chi connectivity index (χ3n) is 3.55. The van der Waals surface area contributed by atoms with Gasteiger partial charge in [-0.25, -0.2) is 0 Å². The average molecular weight is 268 g/mol. The molecule has 100 valence electrons. The van der Waals surface area contributed by atoms with Gasteiger partial charge in [-0.15, -0.1) is 0 Å². The van der Waals surface area contributed by atoms with Crippen LogP contribution in [0.5, 0.6) is 5.75 Å². The van der Waals surface area contributed by atoms with Gasteiger partial charge in [0.05, 0.1) is 11.6 Å². The van der Waals surface area contributed by atoms with Gasteiger partial charge in [0, 0.05) is 0 Å². The van der Waals surface area contributed by atoms with Gasteiger partial charge < -0.3 is 10.1 Å². The molecular weight excluding hydrogens is 246 g/mol. The number of rotatable bonds is 4. The minimum absolute atomic E-state index is 0.731. The molecule has 2 rings (SSSR count). The first-order chi connectivity index (χ1) is 8.66. The number of halogens is 1. The van der Waals surface area contributed by atoms with E-state index < -0.39 is 0 Å². The molecule has 2 nitrogen and oxygen atoms in total. The average Bonchev–Trinajstić information content (AvgIpc) is 2.34. The fourth-order valence-electron chi connectivity index (χ4n) is 2.58. The lowest BCUT2D eigenvalue weighted by Crippen LogP contribution is -2.30. The van der Waals surface area contributed by atoms with Crippen molar-refractivity contribution in [1.82, 2.24) is 5.32 Å². The molecule has 1 fully saturated rings. The van der Waals surface area contributed by atoms with E-state index >= 15 is 0 Å². The summed E-state index contributed by atoms with van der Waals surface area (Å²) in [5.74, 6) is 1.61. The maximum absolute atomic E-state index is 6.22. The van der Waals surface area contributed by atoms with Crippen LogP contribution in [0.15, 0.2) is 12.1 Å². The second-order valence-electron chi connectivity index (χ2n) is 5.24. The minimum atomic E-state index is 0.731. The zero-order valence-corrected chi connectivity index (χ0v) is 12.0. The van der Waals surface area contributed by atoms with E-state index in [4.69, 9.17) is 16.3 Å². The molecule has 1 aliphatic rings. The fourth-order valence-corrected chi connectivity index (χ4v) is 2.96. The predicted molar refractivity (Wildman–Crippen MR) is 76.6 cm³/mol. The smallest absolute Gasteiger partial charge is 0.140 e. The van der Waals surface area contributed by atoms with Crippen LogP contribution in [-0.2, 0) is 0 Å². The number of hydrogen-bond acceptors (Lipinski definition) is 2. The normalized spacial score (nSPS) is 19.8. The number of ether oxygens (including phenoxy) is 1. The highest BCUT2D eigenvalue weighted by atomic mass is 35.5. The van der Waals surface area contributed by atoms with Crippen LogP contribution in [0, 0.1) is 19.8 Å². The van der Waals surface area contributed by atoms with Gasteiger partial charge >= 0.3 is 0 Å². The van der Waals surface area contributed by atoms with E-state index in [0.717, 1.165) is 41.8 Å². The van der Waals surface area contributed by atoms with Crippen molar-refractivity contribution < 1.29 is 4.74 Å². The Bertz CT molecular complexity index is 376. The quantitative estimate of drug-likeness (QED) is 0.898. The molecule has 1 N–H and O–H groups in total. The van der Waals surface area contributed by atoms with E-state index in [1.807, 2.05) is 6.07 Å². The van der Waals surface area contributed by atoms with Gasteiger partial charge in [-0.1, -0.05) is 17.7 Å². The molecule has 0 unspecified atom stereocenters. The van der Waals surface area contributed by atoms with E-state index in [-0.39, 0.29) is 0 Å². The van der Waals surface area contributed by atoms with Crippen LogP contribution in [0.4, 0.5) is 0 Å². The molecule has 0 bridgehead atoms. The van der Waals surface area contributed by atoms with E-state index in [1.54, 1.807) is 0 Å². The number of benzene rings is 1. The third-order valence-corrected chi connectivity index (χ3v) is 3.83. The topological polar surface area (TPSA) is 21.3 Å². The molecule has 0 spiro atoms. The SMILES string of the molecule is Cc1cc(C)c(OCC[C@H]2CCCNC2)c(Cl)c1. The Morgan fingerprint density at radius 1 is 1.39 bits per heavy atom. The second kappa shape index (κ2) is 6.44. The predicted octanol–water partition coefficient (Wildman–Crippen LogP) is 3.73. The summed E-state index contributed by atoms with van der Waals surface area (Å²) in [5.41, 5.74) is 2.31. The van der Waals surface area contributed by atoms with Gasteiger partial charge in [-0.3, -0.25) is 0 Å². The summed E-state index contributed by atoms with van der Waals surface area (Å²) in [6, 6.07) is 4.08. The van der Waals surface area contributed by atoms with E-state index in [1.165, 1.54) is 24.9 Å². The van der Waals surface area contributed by atoms with Crippen LogP contribution < -0.4 is 10.1 Å². The van der Waals surface area contributed by atoms with Crippen LogP contribution in [-0.4, -0.2) is 19.7 Å². The number of piperidine rings is 1. The summed E-state index contributed by atoms with van der Waals surface area (Å²) in [4.78, 5) is 0. The molecule has 0 aromatic heterocycles. The minimum Gasteiger partial charge on any atom is -0.492 e. The Balaban J connectivity index is 1.86. The Kier molecular flexibility index (Phi) is 4.90. The molecule has 1 heterocycles. The van der Waals surface area contributed by atoms with Crippen molar-refractivity contribution in [2.24, 2.45) is 5.92 Å². The van der Waals surface area contributed by atoms with Crippen LogP contribution in [0.1, 0.15) is 30.4 Å². The molecule has 0 amide bonds. The molecule has 18 heavy (non-hydrogen) atoms. The van der Waals surface area contributed by atoms with Crippen molar-refractivity contribution in [3.05, 3.63) is 28.3 Å². The Labute approximate surface area is 115 Å². The summed E-state index contributed by atoms with van der Waals surface area (Å²) in [6.45, 7) is 7.16. The fraction of sp³-hybridized carbons (Fsp3) is 0.600. The lowest BCUT2D eigenvalue weighted by molar-refractivity contribution is 0.253. The number of hydrogen-bond donors (Lipinski definition) is 1. The van der Waals surface area contributed by atoms with E-state index in [0.29, 0.717) is 0 Å². The zero-order chi connectivity index (χ0) is 13.0. The van der Waals surface area contributed by atoms with Gasteiger partial charge in [0.1, 0.15) is 5.75 Å².